The van der Waals surface area contributed by atoms with E-state index in [1.54, 1.807) is 0 Å². The second-order valence-electron chi connectivity index (χ2n) is 6.71. The molecule has 0 fully saturated rings. The maximum Gasteiger partial charge on any atom is 0.222 e. The second-order valence-corrected chi connectivity index (χ2v) is 6.71. The van der Waals surface area contributed by atoms with Gasteiger partial charge in [-0.2, -0.15) is 0 Å². The van der Waals surface area contributed by atoms with E-state index in [1.165, 1.54) is 0 Å². The first-order chi connectivity index (χ1) is 8.36. The summed E-state index contributed by atoms with van der Waals surface area (Å²) in [4.78, 5) is 21.9. The molecule has 0 atom stereocenters. The number of hydrogen-bond donors (Lipinski definition) is 2. The first kappa shape index (κ1) is 20.3. The van der Waals surface area contributed by atoms with Gasteiger partial charge in [0.25, 0.3) is 0 Å². The lowest BCUT2D eigenvalue weighted by Crippen LogP contribution is -2.42. The summed E-state index contributed by atoms with van der Waals surface area (Å²) in [7, 11) is 0. The minimum absolute atomic E-state index is 0.0826. The first-order valence-corrected chi connectivity index (χ1v) is 6.99. The molecule has 0 aliphatic rings. The Morgan fingerprint density at radius 2 is 1.16 bits per heavy atom. The SMILES string of the molecule is CC(C)C(=O)NC(C)(C)C.CC(C)NC(=O)C(C)C. The van der Waals surface area contributed by atoms with Crippen LogP contribution in [0.5, 0.6) is 0 Å². The lowest BCUT2D eigenvalue weighted by molar-refractivity contribution is -0.125. The number of rotatable bonds is 3. The van der Waals surface area contributed by atoms with Gasteiger partial charge in [-0.05, 0) is 34.6 Å². The molecule has 0 aromatic heterocycles. The minimum atomic E-state index is -0.0959. The summed E-state index contributed by atoms with van der Waals surface area (Å²) < 4.78 is 0. The molecule has 0 aliphatic heterocycles. The Hall–Kier alpha value is -1.06. The van der Waals surface area contributed by atoms with Crippen LogP contribution in [0.1, 0.15) is 62.3 Å². The van der Waals surface area contributed by atoms with Gasteiger partial charge < -0.3 is 10.6 Å². The molecule has 4 heteroatoms. The Morgan fingerprint density at radius 3 is 1.26 bits per heavy atom. The van der Waals surface area contributed by atoms with Crippen LogP contribution >= 0.6 is 0 Å². The molecule has 0 saturated carbocycles. The smallest absolute Gasteiger partial charge is 0.222 e. The summed E-state index contributed by atoms with van der Waals surface area (Å²) in [5.41, 5.74) is -0.0959. The molecule has 0 aliphatic carbocycles. The highest BCUT2D eigenvalue weighted by molar-refractivity contribution is 5.78. The van der Waals surface area contributed by atoms with Gasteiger partial charge in [0, 0.05) is 23.4 Å². The van der Waals surface area contributed by atoms with Crippen LogP contribution in [0.3, 0.4) is 0 Å². The van der Waals surface area contributed by atoms with Crippen molar-refractivity contribution in [2.75, 3.05) is 0 Å². The normalized spacial score (nSPS) is 11.2. The van der Waals surface area contributed by atoms with Crippen LogP contribution in [0.4, 0.5) is 0 Å². The van der Waals surface area contributed by atoms with E-state index in [0.717, 1.165) is 0 Å². The quantitative estimate of drug-likeness (QED) is 0.830. The summed E-state index contributed by atoms with van der Waals surface area (Å²) in [6.45, 7) is 17.4. The second kappa shape index (κ2) is 8.94. The zero-order valence-corrected chi connectivity index (χ0v) is 14.0. The van der Waals surface area contributed by atoms with Crippen molar-refractivity contribution in [1.29, 1.82) is 0 Å². The van der Waals surface area contributed by atoms with Gasteiger partial charge in [0.2, 0.25) is 11.8 Å². The number of hydrogen-bond acceptors (Lipinski definition) is 2. The fraction of sp³-hybridized carbons (Fsp3) is 0.867. The van der Waals surface area contributed by atoms with Crippen molar-refractivity contribution in [3.8, 4) is 0 Å². The summed E-state index contributed by atoms with van der Waals surface area (Å²) >= 11 is 0. The summed E-state index contributed by atoms with van der Waals surface area (Å²) in [6, 6.07) is 0.264. The van der Waals surface area contributed by atoms with Crippen molar-refractivity contribution in [3.63, 3.8) is 0 Å². The van der Waals surface area contributed by atoms with Crippen LogP contribution in [-0.2, 0) is 9.59 Å². The highest BCUT2D eigenvalue weighted by atomic mass is 16.2. The zero-order valence-electron chi connectivity index (χ0n) is 14.0. The van der Waals surface area contributed by atoms with Crippen LogP contribution in [-0.4, -0.2) is 23.4 Å². The Labute approximate surface area is 118 Å². The third-order valence-corrected chi connectivity index (χ3v) is 1.98. The standard InChI is InChI=1S/C8H17NO.C7H15NO/c1-6(2)7(10)9-8(3,4)5;1-5(2)7(9)8-6(3)4/h6H,1-5H3,(H,9,10);5-6H,1-4H3,(H,8,9). The van der Waals surface area contributed by atoms with E-state index in [0.29, 0.717) is 0 Å². The van der Waals surface area contributed by atoms with Crippen molar-refractivity contribution in [3.05, 3.63) is 0 Å². The lowest BCUT2D eigenvalue weighted by atomic mass is 10.1. The number of carbonyl (C=O) groups excluding carboxylic acids is 2. The molecular weight excluding hydrogens is 240 g/mol. The van der Waals surface area contributed by atoms with Gasteiger partial charge in [-0.15, -0.1) is 0 Å². The first-order valence-electron chi connectivity index (χ1n) is 6.99. The van der Waals surface area contributed by atoms with Crippen LogP contribution in [0.25, 0.3) is 0 Å². The van der Waals surface area contributed by atoms with Gasteiger partial charge in [0.05, 0.1) is 0 Å². The van der Waals surface area contributed by atoms with E-state index >= 15 is 0 Å². The van der Waals surface area contributed by atoms with Crippen LogP contribution in [0.2, 0.25) is 0 Å². The lowest BCUT2D eigenvalue weighted by Gasteiger charge is -2.21. The number of carbonyl (C=O) groups is 2. The maximum atomic E-state index is 11.0. The number of nitrogens with one attached hydrogen (secondary N) is 2. The molecule has 0 aromatic rings. The summed E-state index contributed by atoms with van der Waals surface area (Å²) in [5, 5.41) is 5.68. The summed E-state index contributed by atoms with van der Waals surface area (Å²) in [6.07, 6.45) is 0. The molecule has 4 nitrogen and oxygen atoms in total. The van der Waals surface area contributed by atoms with Crippen LogP contribution < -0.4 is 10.6 Å². The third kappa shape index (κ3) is 14.9. The predicted molar refractivity (Wildman–Crippen MR) is 80.9 cm³/mol. The Kier molecular flexibility index (Phi) is 9.54. The topological polar surface area (TPSA) is 58.2 Å². The Balaban J connectivity index is 0. The molecule has 0 spiro atoms. The fourth-order valence-corrected chi connectivity index (χ4v) is 0.965. The van der Waals surface area contributed by atoms with E-state index < -0.39 is 0 Å². The van der Waals surface area contributed by atoms with Crippen LogP contribution in [0, 0.1) is 11.8 Å². The van der Waals surface area contributed by atoms with E-state index in [-0.39, 0.29) is 35.2 Å². The van der Waals surface area contributed by atoms with Gasteiger partial charge in [0.1, 0.15) is 0 Å². The molecule has 0 bridgehead atoms. The molecular formula is C15H32N2O2. The average molecular weight is 272 g/mol. The molecule has 0 aromatic carbocycles. The average Bonchev–Trinajstić information content (AvgIpc) is 2.14. The van der Waals surface area contributed by atoms with Gasteiger partial charge in [-0.3, -0.25) is 9.59 Å². The van der Waals surface area contributed by atoms with Crippen molar-refractivity contribution in [1.82, 2.24) is 10.6 Å². The molecule has 0 saturated heterocycles. The van der Waals surface area contributed by atoms with Gasteiger partial charge in [-0.25, -0.2) is 0 Å². The predicted octanol–water partition coefficient (Wildman–Crippen LogP) is 2.72. The minimum Gasteiger partial charge on any atom is -0.354 e. The van der Waals surface area contributed by atoms with Gasteiger partial charge in [-0.1, -0.05) is 27.7 Å². The monoisotopic (exact) mass is 272 g/mol. The van der Waals surface area contributed by atoms with Crippen molar-refractivity contribution >= 4 is 11.8 Å². The van der Waals surface area contributed by atoms with Gasteiger partial charge in [0.15, 0.2) is 0 Å². The van der Waals surface area contributed by atoms with E-state index in [4.69, 9.17) is 0 Å². The summed E-state index contributed by atoms with van der Waals surface area (Å²) in [5.74, 6) is 0.434. The molecule has 2 amide bonds. The van der Waals surface area contributed by atoms with E-state index in [2.05, 4.69) is 10.6 Å². The highest BCUT2D eigenvalue weighted by Crippen LogP contribution is 2.01. The molecule has 0 heterocycles. The molecule has 2 N–H and O–H groups in total. The van der Waals surface area contributed by atoms with Crippen LogP contribution in [0.15, 0.2) is 0 Å². The Bertz CT molecular complexity index is 276. The molecule has 0 rings (SSSR count). The van der Waals surface area contributed by atoms with E-state index in [1.807, 2.05) is 62.3 Å². The zero-order chi connectivity index (χ0) is 15.8. The Morgan fingerprint density at radius 1 is 0.789 bits per heavy atom. The molecule has 114 valence electrons. The largest absolute Gasteiger partial charge is 0.354 e. The molecule has 0 unspecified atom stereocenters. The third-order valence-electron chi connectivity index (χ3n) is 1.98. The molecule has 19 heavy (non-hydrogen) atoms. The fourth-order valence-electron chi connectivity index (χ4n) is 0.965. The van der Waals surface area contributed by atoms with Crippen molar-refractivity contribution in [2.45, 2.75) is 73.9 Å². The van der Waals surface area contributed by atoms with Crippen molar-refractivity contribution in [2.24, 2.45) is 11.8 Å². The maximum absolute atomic E-state index is 11.0. The molecule has 0 radical (unpaired) electrons. The van der Waals surface area contributed by atoms with E-state index in [9.17, 15) is 9.59 Å². The van der Waals surface area contributed by atoms with Crippen molar-refractivity contribution < 1.29 is 9.59 Å². The van der Waals surface area contributed by atoms with Gasteiger partial charge >= 0.3 is 0 Å². The number of amides is 2. The highest BCUT2D eigenvalue weighted by Gasteiger charge is 2.15.